The number of aromatic nitrogens is 1. The minimum Gasteiger partial charge on any atom is -0.497 e. The zero-order valence-corrected chi connectivity index (χ0v) is 16.2. The maximum absolute atomic E-state index is 12.8. The molecular formula is C22H24N2O4. The standard InChI is InChI=1S/C22H24N2O4/c1-3-4-19-13-20(23-28-19)22(25)24-9-10-27-21(14-24)17-6-5-16-12-18(26-2)8-7-15(16)11-17/h5-8,11-13,21H,3-4,9-10,14H2,1-2H3/t21-/m1/s1. The van der Waals surface area contributed by atoms with Crippen LogP contribution in [0.25, 0.3) is 10.8 Å². The number of fused-ring (bicyclic) bond motifs is 1. The van der Waals surface area contributed by atoms with Gasteiger partial charge in [0.05, 0.1) is 20.3 Å². The van der Waals surface area contributed by atoms with E-state index in [4.69, 9.17) is 14.0 Å². The van der Waals surface area contributed by atoms with Gasteiger partial charge in [-0.25, -0.2) is 0 Å². The van der Waals surface area contributed by atoms with E-state index in [-0.39, 0.29) is 12.0 Å². The van der Waals surface area contributed by atoms with Gasteiger partial charge in [-0.2, -0.15) is 0 Å². The lowest BCUT2D eigenvalue weighted by Gasteiger charge is -2.32. The Balaban J connectivity index is 1.51. The molecule has 1 atom stereocenters. The quantitative estimate of drug-likeness (QED) is 0.669. The zero-order valence-electron chi connectivity index (χ0n) is 16.2. The third kappa shape index (κ3) is 3.73. The number of carbonyl (C=O) groups is 1. The van der Waals surface area contributed by atoms with Crippen LogP contribution in [0, 0.1) is 0 Å². The molecule has 6 heteroatoms. The average molecular weight is 380 g/mol. The number of nitrogens with zero attached hydrogens (tertiary/aromatic N) is 2. The highest BCUT2D eigenvalue weighted by Crippen LogP contribution is 2.28. The Hall–Kier alpha value is -2.86. The van der Waals surface area contributed by atoms with E-state index in [9.17, 15) is 4.79 Å². The number of hydrogen-bond acceptors (Lipinski definition) is 5. The average Bonchev–Trinajstić information content (AvgIpc) is 3.21. The van der Waals surface area contributed by atoms with Crippen LogP contribution < -0.4 is 4.74 Å². The van der Waals surface area contributed by atoms with Crippen molar-refractivity contribution >= 4 is 16.7 Å². The first kappa shape index (κ1) is 18.5. The fourth-order valence-electron chi connectivity index (χ4n) is 3.54. The van der Waals surface area contributed by atoms with Crippen molar-refractivity contribution < 1.29 is 18.8 Å². The number of methoxy groups -OCH3 is 1. The second-order valence-electron chi connectivity index (χ2n) is 7.01. The van der Waals surface area contributed by atoms with Gasteiger partial charge in [0.25, 0.3) is 5.91 Å². The maximum atomic E-state index is 12.8. The van der Waals surface area contributed by atoms with Crippen LogP contribution in [0.4, 0.5) is 0 Å². The minimum absolute atomic E-state index is 0.107. The van der Waals surface area contributed by atoms with E-state index < -0.39 is 0 Å². The first-order valence-corrected chi connectivity index (χ1v) is 9.62. The molecule has 1 aliphatic rings. The van der Waals surface area contributed by atoms with Crippen molar-refractivity contribution in [2.75, 3.05) is 26.8 Å². The van der Waals surface area contributed by atoms with Gasteiger partial charge in [-0.15, -0.1) is 0 Å². The number of hydrogen-bond donors (Lipinski definition) is 0. The summed E-state index contributed by atoms with van der Waals surface area (Å²) in [6, 6.07) is 14.0. The van der Waals surface area contributed by atoms with E-state index in [1.165, 1.54) is 0 Å². The Labute approximate surface area is 164 Å². The number of morpholine rings is 1. The van der Waals surface area contributed by atoms with Crippen LogP contribution in [0.15, 0.2) is 47.0 Å². The van der Waals surface area contributed by atoms with Gasteiger partial charge in [0.1, 0.15) is 17.6 Å². The number of aryl methyl sites for hydroxylation is 1. The summed E-state index contributed by atoms with van der Waals surface area (Å²) in [5, 5.41) is 6.17. The van der Waals surface area contributed by atoms with Crippen molar-refractivity contribution in [2.24, 2.45) is 0 Å². The summed E-state index contributed by atoms with van der Waals surface area (Å²) in [6.45, 7) is 3.61. The van der Waals surface area contributed by atoms with E-state index in [2.05, 4.69) is 30.3 Å². The molecule has 1 aromatic heterocycles. The van der Waals surface area contributed by atoms with Crippen molar-refractivity contribution in [3.8, 4) is 5.75 Å². The lowest BCUT2D eigenvalue weighted by molar-refractivity contribution is -0.0230. The molecule has 2 heterocycles. The van der Waals surface area contributed by atoms with Crippen LogP contribution >= 0.6 is 0 Å². The Bertz CT molecular complexity index is 982. The smallest absolute Gasteiger partial charge is 0.276 e. The molecule has 1 saturated heterocycles. The largest absolute Gasteiger partial charge is 0.497 e. The molecule has 0 aliphatic carbocycles. The molecule has 1 amide bonds. The molecule has 0 unspecified atom stereocenters. The molecule has 0 radical (unpaired) electrons. The summed E-state index contributed by atoms with van der Waals surface area (Å²) in [5.74, 6) is 1.48. The summed E-state index contributed by atoms with van der Waals surface area (Å²) >= 11 is 0. The lowest BCUT2D eigenvalue weighted by Crippen LogP contribution is -2.42. The van der Waals surface area contributed by atoms with Gasteiger partial charge in [-0.05, 0) is 41.0 Å². The number of ether oxygens (including phenoxy) is 2. The Morgan fingerprint density at radius 3 is 2.86 bits per heavy atom. The molecular weight excluding hydrogens is 356 g/mol. The van der Waals surface area contributed by atoms with Gasteiger partial charge in [0, 0.05) is 19.0 Å². The predicted molar refractivity (Wildman–Crippen MR) is 106 cm³/mol. The van der Waals surface area contributed by atoms with Crippen molar-refractivity contribution in [1.82, 2.24) is 10.1 Å². The fraction of sp³-hybridized carbons (Fsp3) is 0.364. The van der Waals surface area contributed by atoms with Gasteiger partial charge in [-0.3, -0.25) is 4.79 Å². The Kier molecular flexibility index (Phi) is 5.30. The Morgan fingerprint density at radius 1 is 1.21 bits per heavy atom. The van der Waals surface area contributed by atoms with E-state index in [1.807, 2.05) is 18.2 Å². The van der Waals surface area contributed by atoms with Crippen molar-refractivity contribution in [3.05, 3.63) is 59.5 Å². The number of carbonyl (C=O) groups excluding carboxylic acids is 1. The van der Waals surface area contributed by atoms with Gasteiger partial charge < -0.3 is 18.9 Å². The second kappa shape index (κ2) is 8.02. The molecule has 28 heavy (non-hydrogen) atoms. The zero-order chi connectivity index (χ0) is 19.5. The topological polar surface area (TPSA) is 64.8 Å². The molecule has 2 aromatic carbocycles. The van der Waals surface area contributed by atoms with Crippen LogP contribution in [0.5, 0.6) is 5.75 Å². The monoisotopic (exact) mass is 380 g/mol. The third-order valence-electron chi connectivity index (χ3n) is 5.07. The molecule has 1 fully saturated rings. The summed E-state index contributed by atoms with van der Waals surface area (Å²) in [7, 11) is 1.66. The van der Waals surface area contributed by atoms with Crippen LogP contribution in [0.3, 0.4) is 0 Å². The number of amides is 1. The van der Waals surface area contributed by atoms with Crippen molar-refractivity contribution in [2.45, 2.75) is 25.9 Å². The molecule has 4 rings (SSSR count). The van der Waals surface area contributed by atoms with Gasteiger partial charge >= 0.3 is 0 Å². The van der Waals surface area contributed by atoms with Crippen molar-refractivity contribution in [1.29, 1.82) is 0 Å². The van der Waals surface area contributed by atoms with E-state index in [0.29, 0.717) is 25.4 Å². The fourth-order valence-corrected chi connectivity index (χ4v) is 3.54. The van der Waals surface area contributed by atoms with Gasteiger partial charge in [0.15, 0.2) is 5.69 Å². The molecule has 146 valence electrons. The van der Waals surface area contributed by atoms with E-state index in [0.717, 1.165) is 40.7 Å². The molecule has 0 spiro atoms. The highest BCUT2D eigenvalue weighted by atomic mass is 16.5. The molecule has 0 saturated carbocycles. The first-order chi connectivity index (χ1) is 13.7. The van der Waals surface area contributed by atoms with Gasteiger partial charge in [0.2, 0.25) is 0 Å². The van der Waals surface area contributed by atoms with Crippen LogP contribution in [-0.4, -0.2) is 42.8 Å². The highest BCUT2D eigenvalue weighted by molar-refractivity contribution is 5.92. The van der Waals surface area contributed by atoms with Crippen LogP contribution in [-0.2, 0) is 11.2 Å². The summed E-state index contributed by atoms with van der Waals surface area (Å²) in [4.78, 5) is 14.6. The van der Waals surface area contributed by atoms with Gasteiger partial charge in [-0.1, -0.05) is 30.3 Å². The molecule has 1 aliphatic heterocycles. The predicted octanol–water partition coefficient (Wildman–Crippen LogP) is 4.00. The summed E-state index contributed by atoms with van der Waals surface area (Å²) < 4.78 is 16.5. The first-order valence-electron chi connectivity index (χ1n) is 9.62. The molecule has 0 bridgehead atoms. The summed E-state index contributed by atoms with van der Waals surface area (Å²) in [6.07, 6.45) is 1.58. The molecule has 6 nitrogen and oxygen atoms in total. The highest BCUT2D eigenvalue weighted by Gasteiger charge is 2.28. The molecule has 3 aromatic rings. The van der Waals surface area contributed by atoms with E-state index >= 15 is 0 Å². The minimum atomic E-state index is -0.161. The maximum Gasteiger partial charge on any atom is 0.276 e. The van der Waals surface area contributed by atoms with E-state index in [1.54, 1.807) is 18.1 Å². The SMILES string of the molecule is CCCc1cc(C(=O)N2CCO[C@@H](c3ccc4cc(OC)ccc4c3)C2)no1. The van der Waals surface area contributed by atoms with Crippen molar-refractivity contribution in [3.63, 3.8) is 0 Å². The Morgan fingerprint density at radius 2 is 2.04 bits per heavy atom. The number of rotatable bonds is 5. The third-order valence-corrected chi connectivity index (χ3v) is 5.07. The van der Waals surface area contributed by atoms with Crippen LogP contribution in [0.1, 0.15) is 41.3 Å². The summed E-state index contributed by atoms with van der Waals surface area (Å²) in [5.41, 5.74) is 1.43. The lowest BCUT2D eigenvalue weighted by atomic mass is 10.0. The normalized spacial score (nSPS) is 17.1. The molecule has 0 N–H and O–H groups in total. The number of benzene rings is 2. The van der Waals surface area contributed by atoms with Crippen LogP contribution in [0.2, 0.25) is 0 Å². The second-order valence-corrected chi connectivity index (χ2v) is 7.01.